The number of oxime groups is 1. The number of terminal acetylenes is 1. The molecule has 11 heavy (non-hydrogen) atoms. The maximum atomic E-state index is 4.93. The Labute approximate surface area is 64.6 Å². The highest BCUT2D eigenvalue weighted by molar-refractivity contribution is 5.74. The molecule has 1 heterocycles. The molecule has 1 rings (SSSR count). The van der Waals surface area contributed by atoms with Gasteiger partial charge < -0.3 is 9.25 Å². The van der Waals surface area contributed by atoms with Crippen LogP contribution in [0.1, 0.15) is 5.76 Å². The van der Waals surface area contributed by atoms with E-state index in [0.717, 1.165) is 0 Å². The quantitative estimate of drug-likeness (QED) is 0.280. The molecule has 0 amide bonds. The Bertz CT molecular complexity index is 256. The molecule has 0 spiro atoms. The lowest BCUT2D eigenvalue weighted by atomic mass is 10.5. The summed E-state index contributed by atoms with van der Waals surface area (Å²) < 4.78 is 4.93. The van der Waals surface area contributed by atoms with Crippen molar-refractivity contribution < 1.29 is 9.25 Å². The van der Waals surface area contributed by atoms with Crippen LogP contribution in [0.4, 0.5) is 0 Å². The van der Waals surface area contributed by atoms with Gasteiger partial charge >= 0.3 is 0 Å². The second-order valence-electron chi connectivity index (χ2n) is 1.73. The van der Waals surface area contributed by atoms with E-state index in [1.807, 2.05) is 0 Å². The number of hydrogen-bond donors (Lipinski definition) is 0. The Hall–Kier alpha value is -1.69. The number of nitrogens with zero attached hydrogens (tertiary/aromatic N) is 1. The first-order valence-electron chi connectivity index (χ1n) is 3.06. The highest BCUT2D eigenvalue weighted by atomic mass is 16.6. The minimum absolute atomic E-state index is 0.178. The van der Waals surface area contributed by atoms with E-state index in [1.54, 1.807) is 18.4 Å². The molecule has 0 bridgehead atoms. The summed E-state index contributed by atoms with van der Waals surface area (Å²) in [5.74, 6) is 2.92. The fourth-order valence-electron chi connectivity index (χ4n) is 0.528. The van der Waals surface area contributed by atoms with Gasteiger partial charge in [-0.3, -0.25) is 0 Å². The molecule has 1 aromatic heterocycles. The van der Waals surface area contributed by atoms with Crippen molar-refractivity contribution in [1.29, 1.82) is 0 Å². The Morgan fingerprint density at radius 2 is 2.73 bits per heavy atom. The summed E-state index contributed by atoms with van der Waals surface area (Å²) in [5.41, 5.74) is 0. The maximum Gasteiger partial charge on any atom is 0.177 e. The van der Waals surface area contributed by atoms with Gasteiger partial charge in [0.05, 0.1) is 6.26 Å². The molecule has 0 aliphatic heterocycles. The monoisotopic (exact) mass is 149 g/mol. The molecule has 3 nitrogen and oxygen atoms in total. The van der Waals surface area contributed by atoms with E-state index in [1.165, 1.54) is 6.21 Å². The van der Waals surface area contributed by atoms with Gasteiger partial charge in [0.25, 0.3) is 0 Å². The first-order chi connectivity index (χ1) is 5.43. The first-order valence-corrected chi connectivity index (χ1v) is 3.06. The standard InChI is InChI=1S/C8H7NO2/c1-2-5-11-9-7-8-4-3-6-10-8/h1,3-4,6-7H,5H2/b9-7+. The van der Waals surface area contributed by atoms with E-state index in [-0.39, 0.29) is 6.61 Å². The van der Waals surface area contributed by atoms with Crippen LogP contribution in [0.3, 0.4) is 0 Å². The van der Waals surface area contributed by atoms with Crippen LogP contribution in [0.5, 0.6) is 0 Å². The van der Waals surface area contributed by atoms with Gasteiger partial charge in [0.15, 0.2) is 6.61 Å². The van der Waals surface area contributed by atoms with E-state index < -0.39 is 0 Å². The smallest absolute Gasteiger partial charge is 0.177 e. The second-order valence-corrected chi connectivity index (χ2v) is 1.73. The normalized spacial score (nSPS) is 9.73. The van der Waals surface area contributed by atoms with Crippen LogP contribution < -0.4 is 0 Å². The van der Waals surface area contributed by atoms with Crippen molar-refractivity contribution in [2.75, 3.05) is 6.61 Å². The zero-order valence-corrected chi connectivity index (χ0v) is 5.86. The molecule has 0 saturated carbocycles. The minimum Gasteiger partial charge on any atom is -0.463 e. The van der Waals surface area contributed by atoms with Crippen molar-refractivity contribution >= 4 is 6.21 Å². The van der Waals surface area contributed by atoms with Crippen molar-refractivity contribution in [2.24, 2.45) is 5.16 Å². The van der Waals surface area contributed by atoms with Crippen LogP contribution in [-0.2, 0) is 4.84 Å². The Morgan fingerprint density at radius 1 is 1.82 bits per heavy atom. The zero-order chi connectivity index (χ0) is 7.94. The second kappa shape index (κ2) is 4.18. The Balaban J connectivity index is 2.32. The highest BCUT2D eigenvalue weighted by Crippen LogP contribution is 1.94. The third-order valence-corrected chi connectivity index (χ3v) is 0.946. The van der Waals surface area contributed by atoms with Crippen LogP contribution in [-0.4, -0.2) is 12.8 Å². The van der Waals surface area contributed by atoms with Gasteiger partial charge in [-0.25, -0.2) is 0 Å². The van der Waals surface area contributed by atoms with E-state index >= 15 is 0 Å². The molecule has 0 aromatic carbocycles. The van der Waals surface area contributed by atoms with Gasteiger partial charge in [-0.15, -0.1) is 6.42 Å². The molecule has 0 unspecified atom stereocenters. The summed E-state index contributed by atoms with van der Waals surface area (Å²) in [5, 5.41) is 3.54. The van der Waals surface area contributed by atoms with Gasteiger partial charge in [-0.2, -0.15) is 0 Å². The highest BCUT2D eigenvalue weighted by Gasteiger charge is 1.86. The van der Waals surface area contributed by atoms with Crippen LogP contribution in [0, 0.1) is 12.3 Å². The van der Waals surface area contributed by atoms with Gasteiger partial charge in [-0.1, -0.05) is 11.1 Å². The number of furan rings is 1. The molecule has 0 N–H and O–H groups in total. The summed E-state index contributed by atoms with van der Waals surface area (Å²) in [6.07, 6.45) is 7.93. The van der Waals surface area contributed by atoms with Crippen molar-refractivity contribution in [1.82, 2.24) is 0 Å². The molecule has 0 atom stereocenters. The summed E-state index contributed by atoms with van der Waals surface area (Å²) >= 11 is 0. The van der Waals surface area contributed by atoms with Crippen molar-refractivity contribution in [3.05, 3.63) is 24.2 Å². The largest absolute Gasteiger partial charge is 0.463 e. The number of hydrogen-bond acceptors (Lipinski definition) is 3. The molecule has 56 valence electrons. The van der Waals surface area contributed by atoms with Crippen LogP contribution >= 0.6 is 0 Å². The molecular formula is C8H7NO2. The summed E-state index contributed by atoms with van der Waals surface area (Å²) in [4.78, 5) is 4.63. The minimum atomic E-state index is 0.178. The molecular weight excluding hydrogens is 142 g/mol. The van der Waals surface area contributed by atoms with Crippen molar-refractivity contribution in [2.45, 2.75) is 0 Å². The average molecular weight is 149 g/mol. The van der Waals surface area contributed by atoms with Crippen LogP contribution in [0.25, 0.3) is 0 Å². The molecule has 0 saturated heterocycles. The maximum absolute atomic E-state index is 4.93. The summed E-state index contributed by atoms with van der Waals surface area (Å²) in [7, 11) is 0. The lowest BCUT2D eigenvalue weighted by Gasteiger charge is -1.87. The fourth-order valence-corrected chi connectivity index (χ4v) is 0.528. The van der Waals surface area contributed by atoms with Crippen molar-refractivity contribution in [3.8, 4) is 12.3 Å². The lowest BCUT2D eigenvalue weighted by Crippen LogP contribution is -1.82. The van der Waals surface area contributed by atoms with E-state index in [2.05, 4.69) is 15.9 Å². The molecule has 0 radical (unpaired) electrons. The van der Waals surface area contributed by atoms with Gasteiger partial charge in [-0.05, 0) is 12.1 Å². The van der Waals surface area contributed by atoms with E-state index in [0.29, 0.717) is 5.76 Å². The zero-order valence-electron chi connectivity index (χ0n) is 5.86. The molecule has 1 aromatic rings. The van der Waals surface area contributed by atoms with Crippen molar-refractivity contribution in [3.63, 3.8) is 0 Å². The third kappa shape index (κ3) is 2.59. The molecule has 0 aliphatic rings. The van der Waals surface area contributed by atoms with E-state index in [9.17, 15) is 0 Å². The summed E-state index contributed by atoms with van der Waals surface area (Å²) in [6.45, 7) is 0.178. The first kappa shape index (κ1) is 7.42. The van der Waals surface area contributed by atoms with Crippen LogP contribution in [0.2, 0.25) is 0 Å². The SMILES string of the molecule is C#CCO/N=C/c1ccco1. The van der Waals surface area contributed by atoms with Gasteiger partial charge in [0.1, 0.15) is 12.0 Å². The van der Waals surface area contributed by atoms with Gasteiger partial charge in [0.2, 0.25) is 0 Å². The predicted octanol–water partition coefficient (Wildman–Crippen LogP) is 1.26. The topological polar surface area (TPSA) is 34.7 Å². The lowest BCUT2D eigenvalue weighted by molar-refractivity contribution is 0.181. The number of rotatable bonds is 3. The third-order valence-electron chi connectivity index (χ3n) is 0.946. The summed E-state index contributed by atoms with van der Waals surface area (Å²) in [6, 6.07) is 3.53. The predicted molar refractivity (Wildman–Crippen MR) is 41.1 cm³/mol. The molecule has 3 heteroatoms. The molecule has 0 aliphatic carbocycles. The Kier molecular flexibility index (Phi) is 2.82. The van der Waals surface area contributed by atoms with E-state index in [4.69, 9.17) is 10.8 Å². The fraction of sp³-hybridized carbons (Fsp3) is 0.125. The Morgan fingerprint density at radius 3 is 3.36 bits per heavy atom. The average Bonchev–Trinajstić information content (AvgIpc) is 2.50. The molecule has 0 fully saturated rings. The van der Waals surface area contributed by atoms with Crippen LogP contribution in [0.15, 0.2) is 28.0 Å². The van der Waals surface area contributed by atoms with Gasteiger partial charge in [0, 0.05) is 0 Å².